The van der Waals surface area contributed by atoms with Gasteiger partial charge >= 0.3 is 0 Å². The first-order valence-corrected chi connectivity index (χ1v) is 4.35. The van der Waals surface area contributed by atoms with Crippen LogP contribution in [0, 0.1) is 5.82 Å². The van der Waals surface area contributed by atoms with E-state index in [1.807, 2.05) is 0 Å². The Bertz CT molecular complexity index is 310. The topological polar surface area (TPSA) is 21.3 Å². The van der Waals surface area contributed by atoms with Gasteiger partial charge in [-0.15, -0.1) is 0 Å². The third-order valence-corrected chi connectivity index (χ3v) is 2.42. The zero-order chi connectivity index (χ0) is 9.26. The third kappa shape index (κ3) is 1.52. The molecule has 0 saturated carbocycles. The van der Waals surface area contributed by atoms with Gasteiger partial charge in [-0.25, -0.2) is 4.39 Å². The van der Waals surface area contributed by atoms with E-state index in [4.69, 9.17) is 4.74 Å². The molecule has 0 atom stereocenters. The van der Waals surface area contributed by atoms with Crippen molar-refractivity contribution in [1.29, 1.82) is 0 Å². The second-order valence-electron chi connectivity index (χ2n) is 3.24. The molecule has 1 aromatic rings. The van der Waals surface area contributed by atoms with E-state index in [0.717, 1.165) is 24.4 Å². The minimum absolute atomic E-state index is 0.132. The summed E-state index contributed by atoms with van der Waals surface area (Å²) in [5, 5.41) is 3.12. The highest BCUT2D eigenvalue weighted by molar-refractivity contribution is 5.33. The predicted molar refractivity (Wildman–Crippen MR) is 48.6 cm³/mol. The van der Waals surface area contributed by atoms with Gasteiger partial charge in [0.15, 0.2) is 0 Å². The van der Waals surface area contributed by atoms with E-state index in [9.17, 15) is 4.39 Å². The summed E-state index contributed by atoms with van der Waals surface area (Å²) >= 11 is 0. The maximum absolute atomic E-state index is 13.3. The van der Waals surface area contributed by atoms with Crippen LogP contribution >= 0.6 is 0 Å². The summed E-state index contributed by atoms with van der Waals surface area (Å²) in [6.45, 7) is 1.73. The fraction of sp³-hybridized carbons (Fsp3) is 0.400. The molecule has 0 bridgehead atoms. The summed E-state index contributed by atoms with van der Waals surface area (Å²) in [5.41, 5.74) is 0.762. The average molecular weight is 181 g/mol. The molecule has 0 amide bonds. The van der Waals surface area contributed by atoms with Gasteiger partial charge in [0.05, 0.1) is 7.11 Å². The Morgan fingerprint density at radius 1 is 1.46 bits per heavy atom. The van der Waals surface area contributed by atoms with Crippen molar-refractivity contribution in [3.05, 3.63) is 29.6 Å². The van der Waals surface area contributed by atoms with Crippen LogP contribution in [0.25, 0.3) is 0 Å². The molecule has 1 heterocycles. The highest BCUT2D eigenvalue weighted by Crippen LogP contribution is 2.26. The molecule has 0 unspecified atom stereocenters. The Morgan fingerprint density at radius 3 is 2.77 bits per heavy atom. The first-order valence-electron chi connectivity index (χ1n) is 4.35. The minimum atomic E-state index is -0.132. The van der Waals surface area contributed by atoms with Gasteiger partial charge < -0.3 is 10.1 Å². The maximum Gasteiger partial charge on any atom is 0.127 e. The standard InChI is InChI=1S/C10H12FNO/c1-13-8-2-3-10(11)9(4-8)7-5-12-6-7/h2-4,7,12H,5-6H2,1H3. The van der Waals surface area contributed by atoms with Crippen LogP contribution in [0.1, 0.15) is 11.5 Å². The van der Waals surface area contributed by atoms with Crippen LogP contribution in [0.3, 0.4) is 0 Å². The van der Waals surface area contributed by atoms with Gasteiger partial charge in [0.25, 0.3) is 0 Å². The molecule has 1 N–H and O–H groups in total. The number of hydrogen-bond donors (Lipinski definition) is 1. The van der Waals surface area contributed by atoms with E-state index >= 15 is 0 Å². The van der Waals surface area contributed by atoms with Crippen LogP contribution < -0.4 is 10.1 Å². The Morgan fingerprint density at radius 2 is 2.23 bits per heavy atom. The minimum Gasteiger partial charge on any atom is -0.497 e. The van der Waals surface area contributed by atoms with Gasteiger partial charge in [0.2, 0.25) is 0 Å². The predicted octanol–water partition coefficient (Wildman–Crippen LogP) is 1.52. The van der Waals surface area contributed by atoms with Crippen molar-refractivity contribution < 1.29 is 9.13 Å². The van der Waals surface area contributed by atoms with Crippen LogP contribution in [-0.4, -0.2) is 20.2 Å². The Balaban J connectivity index is 2.30. The van der Waals surface area contributed by atoms with Crippen LogP contribution in [0.15, 0.2) is 18.2 Å². The Kier molecular flexibility index (Phi) is 2.19. The summed E-state index contributed by atoms with van der Waals surface area (Å²) in [6, 6.07) is 4.89. The number of halogens is 1. The molecule has 2 rings (SSSR count). The summed E-state index contributed by atoms with van der Waals surface area (Å²) in [6.07, 6.45) is 0. The van der Waals surface area contributed by atoms with E-state index in [0.29, 0.717) is 5.92 Å². The van der Waals surface area contributed by atoms with Crippen LogP contribution in [0.2, 0.25) is 0 Å². The highest BCUT2D eigenvalue weighted by atomic mass is 19.1. The lowest BCUT2D eigenvalue weighted by Gasteiger charge is -2.27. The first kappa shape index (κ1) is 8.51. The van der Waals surface area contributed by atoms with Crippen molar-refractivity contribution >= 4 is 0 Å². The number of benzene rings is 1. The second-order valence-corrected chi connectivity index (χ2v) is 3.24. The Hall–Kier alpha value is -1.09. The number of nitrogens with one attached hydrogen (secondary N) is 1. The van der Waals surface area contributed by atoms with Gasteiger partial charge in [-0.05, 0) is 23.8 Å². The van der Waals surface area contributed by atoms with Crippen LogP contribution in [0.5, 0.6) is 5.75 Å². The second kappa shape index (κ2) is 3.34. The summed E-state index contributed by atoms with van der Waals surface area (Å²) < 4.78 is 18.3. The van der Waals surface area contributed by atoms with Gasteiger partial charge in [-0.2, -0.15) is 0 Å². The largest absolute Gasteiger partial charge is 0.497 e. The van der Waals surface area contributed by atoms with Gasteiger partial charge in [0, 0.05) is 19.0 Å². The monoisotopic (exact) mass is 181 g/mol. The quantitative estimate of drug-likeness (QED) is 0.747. The molecule has 0 spiro atoms. The van der Waals surface area contributed by atoms with E-state index in [1.54, 1.807) is 19.2 Å². The zero-order valence-corrected chi connectivity index (χ0v) is 7.51. The van der Waals surface area contributed by atoms with E-state index in [-0.39, 0.29) is 5.82 Å². The lowest BCUT2D eigenvalue weighted by atomic mass is 9.93. The molecule has 1 fully saturated rings. The van der Waals surface area contributed by atoms with E-state index in [1.165, 1.54) is 6.07 Å². The van der Waals surface area contributed by atoms with Crippen molar-refractivity contribution in [2.75, 3.05) is 20.2 Å². The lowest BCUT2D eigenvalue weighted by molar-refractivity contribution is 0.403. The highest BCUT2D eigenvalue weighted by Gasteiger charge is 2.22. The van der Waals surface area contributed by atoms with Gasteiger partial charge in [-0.1, -0.05) is 0 Å². The van der Waals surface area contributed by atoms with Crippen molar-refractivity contribution in [3.63, 3.8) is 0 Å². The van der Waals surface area contributed by atoms with Gasteiger partial charge in [-0.3, -0.25) is 0 Å². The van der Waals surface area contributed by atoms with Crippen molar-refractivity contribution in [3.8, 4) is 5.75 Å². The smallest absolute Gasteiger partial charge is 0.127 e. The third-order valence-electron chi connectivity index (χ3n) is 2.42. The molecule has 1 saturated heterocycles. The molecule has 2 nitrogen and oxygen atoms in total. The number of hydrogen-bond acceptors (Lipinski definition) is 2. The summed E-state index contributed by atoms with van der Waals surface area (Å²) in [4.78, 5) is 0. The van der Waals surface area contributed by atoms with E-state index in [2.05, 4.69) is 5.32 Å². The fourth-order valence-electron chi connectivity index (χ4n) is 1.47. The molecular formula is C10H12FNO. The van der Waals surface area contributed by atoms with Crippen LogP contribution in [-0.2, 0) is 0 Å². The molecule has 1 aliphatic heterocycles. The van der Waals surface area contributed by atoms with E-state index < -0.39 is 0 Å². The molecule has 13 heavy (non-hydrogen) atoms. The van der Waals surface area contributed by atoms with Crippen molar-refractivity contribution in [2.24, 2.45) is 0 Å². The molecule has 1 aromatic carbocycles. The summed E-state index contributed by atoms with van der Waals surface area (Å²) in [7, 11) is 1.59. The van der Waals surface area contributed by atoms with Gasteiger partial charge in [0.1, 0.15) is 11.6 Å². The van der Waals surface area contributed by atoms with Crippen molar-refractivity contribution in [2.45, 2.75) is 5.92 Å². The average Bonchev–Trinajstić information content (AvgIpc) is 2.06. The molecular weight excluding hydrogens is 169 g/mol. The Labute approximate surface area is 76.7 Å². The zero-order valence-electron chi connectivity index (χ0n) is 7.51. The number of methoxy groups -OCH3 is 1. The molecule has 0 radical (unpaired) electrons. The first-order chi connectivity index (χ1) is 6.31. The molecule has 0 aliphatic carbocycles. The number of rotatable bonds is 2. The molecule has 3 heteroatoms. The number of ether oxygens (including phenoxy) is 1. The lowest BCUT2D eigenvalue weighted by Crippen LogP contribution is -2.40. The fourth-order valence-corrected chi connectivity index (χ4v) is 1.47. The SMILES string of the molecule is COc1ccc(F)c(C2CNC2)c1. The summed E-state index contributed by atoms with van der Waals surface area (Å²) in [5.74, 6) is 0.908. The van der Waals surface area contributed by atoms with Crippen molar-refractivity contribution in [1.82, 2.24) is 5.32 Å². The molecule has 1 aliphatic rings. The van der Waals surface area contributed by atoms with Crippen LogP contribution in [0.4, 0.5) is 4.39 Å². The maximum atomic E-state index is 13.3. The normalized spacial score (nSPS) is 16.8. The molecule has 70 valence electrons. The molecule has 0 aromatic heterocycles.